The Kier molecular flexibility index (Phi) is 5.40. The van der Waals surface area contributed by atoms with Crippen molar-refractivity contribution in [2.45, 2.75) is 58.5 Å². The largest absolute Gasteiger partial charge is 0.328 e. The van der Waals surface area contributed by atoms with Crippen LogP contribution in [0.3, 0.4) is 0 Å². The fraction of sp³-hybridized carbons (Fsp3) is 0.750. The predicted octanol–water partition coefficient (Wildman–Crippen LogP) is 2.35. The fourth-order valence-corrected chi connectivity index (χ4v) is 1.75. The van der Waals surface area contributed by atoms with Crippen LogP contribution in [0.25, 0.3) is 0 Å². The molecule has 2 N–H and O–H groups in total. The molecule has 3 heteroatoms. The number of nitrogens with zero attached hydrogens (tertiary/aromatic N) is 2. The van der Waals surface area contributed by atoms with Crippen molar-refractivity contribution in [3.63, 3.8) is 0 Å². The van der Waals surface area contributed by atoms with Gasteiger partial charge in [0.2, 0.25) is 0 Å². The molecule has 1 rings (SSSR count). The zero-order chi connectivity index (χ0) is 11.1. The maximum Gasteiger partial charge on any atom is 0.0521 e. The maximum atomic E-state index is 5.97. The number of hydrogen-bond donors (Lipinski definition) is 1. The number of nitrogens with two attached hydrogens (primary N) is 1. The first-order chi connectivity index (χ1) is 7.26. The van der Waals surface area contributed by atoms with Gasteiger partial charge in [0.25, 0.3) is 0 Å². The molecule has 0 aromatic carbocycles. The average molecular weight is 209 g/mol. The summed E-state index contributed by atoms with van der Waals surface area (Å²) in [6, 6.07) is 0.351. The van der Waals surface area contributed by atoms with Crippen LogP contribution in [0.15, 0.2) is 12.4 Å². The summed E-state index contributed by atoms with van der Waals surface area (Å²) in [6.45, 7) is 5.36. The van der Waals surface area contributed by atoms with Crippen molar-refractivity contribution in [2.75, 3.05) is 0 Å². The number of rotatable bonds is 7. The monoisotopic (exact) mass is 209 g/mol. The molecule has 1 atom stereocenters. The molecule has 0 aliphatic rings. The standard InChI is InChI=1S/C12H23N3/c1-3-5-12(13)7-6-11-9-14-15(10-11)8-4-2/h9-10,12H,3-8,13H2,1-2H3. The van der Waals surface area contributed by atoms with E-state index in [9.17, 15) is 0 Å². The van der Waals surface area contributed by atoms with Crippen molar-refractivity contribution >= 4 is 0 Å². The SMILES string of the molecule is CCCC(N)CCc1cnn(CCC)c1. The highest BCUT2D eigenvalue weighted by molar-refractivity contribution is 5.04. The molecule has 0 spiro atoms. The molecule has 0 amide bonds. The Morgan fingerprint density at radius 3 is 2.80 bits per heavy atom. The van der Waals surface area contributed by atoms with Crippen LogP contribution in [0.4, 0.5) is 0 Å². The Labute approximate surface area is 92.7 Å². The van der Waals surface area contributed by atoms with Gasteiger partial charge in [-0.2, -0.15) is 5.10 Å². The van der Waals surface area contributed by atoms with Crippen molar-refractivity contribution in [3.8, 4) is 0 Å². The van der Waals surface area contributed by atoms with Crippen molar-refractivity contribution in [1.82, 2.24) is 9.78 Å². The summed E-state index contributed by atoms with van der Waals surface area (Å²) in [6.07, 6.45) is 9.68. The highest BCUT2D eigenvalue weighted by Gasteiger charge is 2.03. The summed E-state index contributed by atoms with van der Waals surface area (Å²) in [7, 11) is 0. The molecule has 0 fully saturated rings. The molecule has 15 heavy (non-hydrogen) atoms. The van der Waals surface area contributed by atoms with Crippen LogP contribution >= 0.6 is 0 Å². The second-order valence-corrected chi connectivity index (χ2v) is 4.20. The van der Waals surface area contributed by atoms with Crippen LogP contribution < -0.4 is 5.73 Å². The molecule has 1 heterocycles. The number of aryl methyl sites for hydroxylation is 2. The van der Waals surface area contributed by atoms with Crippen LogP contribution in [0.5, 0.6) is 0 Å². The van der Waals surface area contributed by atoms with Crippen LogP contribution in [0, 0.1) is 0 Å². The molecule has 1 aromatic heterocycles. The van der Waals surface area contributed by atoms with E-state index in [1.54, 1.807) is 0 Å². The van der Waals surface area contributed by atoms with E-state index in [0.717, 1.165) is 32.2 Å². The fourth-order valence-electron chi connectivity index (χ4n) is 1.75. The van der Waals surface area contributed by atoms with Gasteiger partial charge >= 0.3 is 0 Å². The van der Waals surface area contributed by atoms with E-state index in [4.69, 9.17) is 5.73 Å². The summed E-state index contributed by atoms with van der Waals surface area (Å²) in [5.41, 5.74) is 7.29. The van der Waals surface area contributed by atoms with Crippen LogP contribution in [0.2, 0.25) is 0 Å². The smallest absolute Gasteiger partial charge is 0.0521 e. The van der Waals surface area contributed by atoms with Gasteiger partial charge in [0.15, 0.2) is 0 Å². The first-order valence-corrected chi connectivity index (χ1v) is 6.03. The van der Waals surface area contributed by atoms with Crippen molar-refractivity contribution in [3.05, 3.63) is 18.0 Å². The van der Waals surface area contributed by atoms with Crippen molar-refractivity contribution < 1.29 is 0 Å². The van der Waals surface area contributed by atoms with Gasteiger partial charge in [-0.1, -0.05) is 20.3 Å². The number of aromatic nitrogens is 2. The van der Waals surface area contributed by atoms with Crippen molar-refractivity contribution in [1.29, 1.82) is 0 Å². The van der Waals surface area contributed by atoms with Crippen LogP contribution in [-0.4, -0.2) is 15.8 Å². The maximum absolute atomic E-state index is 5.97. The van der Waals surface area contributed by atoms with E-state index in [-0.39, 0.29) is 0 Å². The van der Waals surface area contributed by atoms with Gasteiger partial charge < -0.3 is 5.73 Å². The third kappa shape index (κ3) is 4.47. The topological polar surface area (TPSA) is 43.8 Å². The highest BCUT2D eigenvalue weighted by atomic mass is 15.3. The molecular weight excluding hydrogens is 186 g/mol. The summed E-state index contributed by atoms with van der Waals surface area (Å²) in [4.78, 5) is 0. The molecule has 0 aliphatic carbocycles. The molecule has 1 aromatic rings. The first-order valence-electron chi connectivity index (χ1n) is 6.03. The van der Waals surface area contributed by atoms with Gasteiger partial charge in [-0.3, -0.25) is 4.68 Å². The minimum absolute atomic E-state index is 0.351. The lowest BCUT2D eigenvalue weighted by atomic mass is 10.1. The molecule has 0 radical (unpaired) electrons. The molecule has 0 saturated carbocycles. The zero-order valence-electron chi connectivity index (χ0n) is 9.95. The Morgan fingerprint density at radius 1 is 1.33 bits per heavy atom. The molecule has 0 saturated heterocycles. The molecule has 3 nitrogen and oxygen atoms in total. The summed E-state index contributed by atoms with van der Waals surface area (Å²) in [5.74, 6) is 0. The lowest BCUT2D eigenvalue weighted by Gasteiger charge is -2.08. The molecule has 0 aliphatic heterocycles. The predicted molar refractivity (Wildman–Crippen MR) is 63.7 cm³/mol. The van der Waals surface area contributed by atoms with Gasteiger partial charge in [0, 0.05) is 18.8 Å². The van der Waals surface area contributed by atoms with Crippen LogP contribution in [-0.2, 0) is 13.0 Å². The van der Waals surface area contributed by atoms with E-state index in [1.807, 2.05) is 10.9 Å². The van der Waals surface area contributed by atoms with Gasteiger partial charge in [0.05, 0.1) is 6.20 Å². The van der Waals surface area contributed by atoms with Crippen LogP contribution in [0.1, 0.15) is 45.1 Å². The molecule has 0 bridgehead atoms. The van der Waals surface area contributed by atoms with E-state index in [2.05, 4.69) is 25.1 Å². The third-order valence-electron chi connectivity index (χ3n) is 2.60. The van der Waals surface area contributed by atoms with E-state index in [0.29, 0.717) is 6.04 Å². The lowest BCUT2D eigenvalue weighted by molar-refractivity contribution is 0.560. The quantitative estimate of drug-likeness (QED) is 0.749. The molecule has 86 valence electrons. The van der Waals surface area contributed by atoms with Gasteiger partial charge in [-0.05, 0) is 31.2 Å². The summed E-state index contributed by atoms with van der Waals surface area (Å²) < 4.78 is 2.01. The average Bonchev–Trinajstić information content (AvgIpc) is 2.64. The second kappa shape index (κ2) is 6.62. The second-order valence-electron chi connectivity index (χ2n) is 4.20. The first kappa shape index (κ1) is 12.2. The van der Waals surface area contributed by atoms with E-state index >= 15 is 0 Å². The highest BCUT2D eigenvalue weighted by Crippen LogP contribution is 2.06. The van der Waals surface area contributed by atoms with Gasteiger partial charge in [-0.15, -0.1) is 0 Å². The van der Waals surface area contributed by atoms with Crippen molar-refractivity contribution in [2.24, 2.45) is 5.73 Å². The zero-order valence-corrected chi connectivity index (χ0v) is 9.95. The third-order valence-corrected chi connectivity index (χ3v) is 2.60. The number of hydrogen-bond acceptors (Lipinski definition) is 2. The lowest BCUT2D eigenvalue weighted by Crippen LogP contribution is -2.19. The van der Waals surface area contributed by atoms with Gasteiger partial charge in [-0.25, -0.2) is 0 Å². The van der Waals surface area contributed by atoms with E-state index < -0.39 is 0 Å². The van der Waals surface area contributed by atoms with E-state index in [1.165, 1.54) is 12.0 Å². The Balaban J connectivity index is 2.30. The summed E-state index contributed by atoms with van der Waals surface area (Å²) in [5, 5.41) is 4.31. The minimum Gasteiger partial charge on any atom is -0.328 e. The Hall–Kier alpha value is -0.830. The Bertz CT molecular complexity index is 268. The normalized spacial score (nSPS) is 13.0. The summed E-state index contributed by atoms with van der Waals surface area (Å²) >= 11 is 0. The van der Waals surface area contributed by atoms with Gasteiger partial charge in [0.1, 0.15) is 0 Å². The molecule has 1 unspecified atom stereocenters. The molecular formula is C12H23N3. The minimum atomic E-state index is 0.351. The Morgan fingerprint density at radius 2 is 2.13 bits per heavy atom.